The second kappa shape index (κ2) is 6.23. The molecule has 0 aliphatic heterocycles. The summed E-state index contributed by atoms with van der Waals surface area (Å²) in [7, 11) is 1.41. The number of allylic oxidation sites excluding steroid dienone is 1. The normalized spacial score (nSPS) is 11.8. The van der Waals surface area contributed by atoms with Crippen LogP contribution in [0.3, 0.4) is 0 Å². The number of carbonyl (C=O) groups excluding carboxylic acids is 1. The van der Waals surface area contributed by atoms with Crippen LogP contribution in [0.4, 0.5) is 0 Å². The second-order valence-electron chi connectivity index (χ2n) is 3.08. The predicted molar refractivity (Wildman–Crippen MR) is 68.3 cm³/mol. The molecule has 0 bridgehead atoms. The van der Waals surface area contributed by atoms with Gasteiger partial charge < -0.3 is 4.84 Å². The molecule has 0 atom stereocenters. The number of oxime groups is 1. The maximum absolute atomic E-state index is 11.5. The quantitative estimate of drug-likeness (QED) is 0.483. The number of halogens is 1. The molecule has 0 fully saturated rings. The summed E-state index contributed by atoms with van der Waals surface area (Å²) in [5, 5.41) is 3.56. The molecule has 0 unspecified atom stereocenters. The van der Waals surface area contributed by atoms with E-state index in [1.807, 2.05) is 24.3 Å². The van der Waals surface area contributed by atoms with Crippen LogP contribution in [0.25, 0.3) is 6.08 Å². The number of hydrogen-bond acceptors (Lipinski definition) is 3. The van der Waals surface area contributed by atoms with Crippen LogP contribution in [-0.2, 0) is 9.63 Å². The minimum Gasteiger partial charge on any atom is -0.399 e. The summed E-state index contributed by atoms with van der Waals surface area (Å²) in [5.74, 6) is -0.169. The van der Waals surface area contributed by atoms with E-state index in [1.165, 1.54) is 13.2 Å². The monoisotopic (exact) mass is 281 g/mol. The Morgan fingerprint density at radius 2 is 2.12 bits per heavy atom. The Morgan fingerprint density at radius 1 is 1.44 bits per heavy atom. The molecular weight excluding hydrogens is 270 g/mol. The fraction of sp³-hybridized carbons (Fsp3) is 0.167. The van der Waals surface area contributed by atoms with Crippen LogP contribution in [0, 0.1) is 0 Å². The Balaban J connectivity index is 2.79. The molecule has 0 saturated carbocycles. The minimum absolute atomic E-state index is 0.169. The van der Waals surface area contributed by atoms with Gasteiger partial charge in [-0.1, -0.05) is 39.3 Å². The van der Waals surface area contributed by atoms with Crippen LogP contribution in [0.15, 0.2) is 40.0 Å². The third-order valence-corrected chi connectivity index (χ3v) is 2.63. The van der Waals surface area contributed by atoms with Crippen molar-refractivity contribution in [1.82, 2.24) is 0 Å². The SMILES string of the molecule is CO/N=C(\C)C(=O)/C=C/c1ccccc1Br. The summed E-state index contributed by atoms with van der Waals surface area (Å²) in [5.41, 5.74) is 1.27. The smallest absolute Gasteiger partial charge is 0.203 e. The second-order valence-corrected chi connectivity index (χ2v) is 3.93. The molecule has 84 valence electrons. The number of benzene rings is 1. The highest BCUT2D eigenvalue weighted by Gasteiger charge is 2.02. The Bertz CT molecular complexity index is 438. The van der Waals surface area contributed by atoms with Crippen LogP contribution in [-0.4, -0.2) is 18.6 Å². The molecule has 16 heavy (non-hydrogen) atoms. The number of hydrogen-bond donors (Lipinski definition) is 0. The average Bonchev–Trinajstić information content (AvgIpc) is 2.28. The molecule has 4 heteroatoms. The molecule has 0 spiro atoms. The zero-order valence-corrected chi connectivity index (χ0v) is 10.7. The Labute approximate surface area is 103 Å². The average molecular weight is 282 g/mol. The Kier molecular flexibility index (Phi) is 4.92. The third-order valence-electron chi connectivity index (χ3n) is 1.90. The highest BCUT2D eigenvalue weighted by Crippen LogP contribution is 2.17. The number of ketones is 1. The van der Waals surface area contributed by atoms with E-state index in [9.17, 15) is 4.79 Å². The molecule has 0 heterocycles. The standard InChI is InChI=1S/C12H12BrNO2/c1-9(14-16-2)12(15)8-7-10-5-3-4-6-11(10)13/h3-8H,1-2H3/b8-7+,14-9+. The van der Waals surface area contributed by atoms with Gasteiger partial charge in [0, 0.05) is 4.47 Å². The lowest BCUT2D eigenvalue weighted by Crippen LogP contribution is -2.06. The van der Waals surface area contributed by atoms with Crippen molar-refractivity contribution in [2.45, 2.75) is 6.92 Å². The van der Waals surface area contributed by atoms with Crippen LogP contribution in [0.2, 0.25) is 0 Å². The van der Waals surface area contributed by atoms with Crippen molar-refractivity contribution in [3.8, 4) is 0 Å². The van der Waals surface area contributed by atoms with Crippen molar-refractivity contribution in [2.75, 3.05) is 7.11 Å². The van der Waals surface area contributed by atoms with E-state index >= 15 is 0 Å². The van der Waals surface area contributed by atoms with E-state index in [1.54, 1.807) is 13.0 Å². The summed E-state index contributed by atoms with van der Waals surface area (Å²) >= 11 is 3.40. The van der Waals surface area contributed by atoms with Crippen molar-refractivity contribution in [2.24, 2.45) is 5.16 Å². The van der Waals surface area contributed by atoms with Crippen molar-refractivity contribution in [1.29, 1.82) is 0 Å². The van der Waals surface area contributed by atoms with Crippen molar-refractivity contribution in [3.05, 3.63) is 40.4 Å². The number of rotatable bonds is 4. The van der Waals surface area contributed by atoms with Crippen molar-refractivity contribution >= 4 is 33.5 Å². The molecule has 1 rings (SSSR count). The minimum atomic E-state index is -0.169. The first-order valence-electron chi connectivity index (χ1n) is 4.70. The summed E-state index contributed by atoms with van der Waals surface area (Å²) in [4.78, 5) is 16.0. The fourth-order valence-electron chi connectivity index (χ4n) is 1.08. The highest BCUT2D eigenvalue weighted by molar-refractivity contribution is 9.10. The van der Waals surface area contributed by atoms with Gasteiger partial charge in [0.1, 0.15) is 12.8 Å². The van der Waals surface area contributed by atoms with Gasteiger partial charge in [-0.15, -0.1) is 0 Å². The summed E-state index contributed by atoms with van der Waals surface area (Å²) in [6.45, 7) is 1.61. The lowest BCUT2D eigenvalue weighted by atomic mass is 10.2. The van der Waals surface area contributed by atoms with Crippen LogP contribution in [0.1, 0.15) is 12.5 Å². The topological polar surface area (TPSA) is 38.7 Å². The number of nitrogens with zero attached hydrogens (tertiary/aromatic N) is 1. The van der Waals surface area contributed by atoms with Gasteiger partial charge in [-0.05, 0) is 30.7 Å². The molecular formula is C12H12BrNO2. The summed E-state index contributed by atoms with van der Waals surface area (Å²) < 4.78 is 0.945. The van der Waals surface area contributed by atoms with Crippen LogP contribution < -0.4 is 0 Å². The molecule has 0 aromatic heterocycles. The number of carbonyl (C=O) groups is 1. The maximum Gasteiger partial charge on any atom is 0.203 e. The first kappa shape index (κ1) is 12.6. The Hall–Kier alpha value is -1.42. The van der Waals surface area contributed by atoms with Gasteiger partial charge in [0.2, 0.25) is 5.78 Å². The first-order valence-corrected chi connectivity index (χ1v) is 5.49. The van der Waals surface area contributed by atoms with Crippen molar-refractivity contribution in [3.63, 3.8) is 0 Å². The van der Waals surface area contributed by atoms with Gasteiger partial charge >= 0.3 is 0 Å². The molecule has 1 aromatic rings. The van der Waals surface area contributed by atoms with E-state index in [0.29, 0.717) is 5.71 Å². The van der Waals surface area contributed by atoms with E-state index < -0.39 is 0 Å². The van der Waals surface area contributed by atoms with Gasteiger partial charge in [-0.3, -0.25) is 4.79 Å². The first-order chi connectivity index (χ1) is 7.65. The molecule has 0 aliphatic rings. The molecule has 0 aliphatic carbocycles. The van der Waals surface area contributed by atoms with Crippen LogP contribution in [0.5, 0.6) is 0 Å². The molecule has 0 amide bonds. The maximum atomic E-state index is 11.5. The Morgan fingerprint density at radius 3 is 2.75 bits per heavy atom. The lowest BCUT2D eigenvalue weighted by molar-refractivity contribution is -0.109. The van der Waals surface area contributed by atoms with Crippen LogP contribution >= 0.6 is 15.9 Å². The van der Waals surface area contributed by atoms with Gasteiger partial charge in [0.15, 0.2) is 0 Å². The van der Waals surface area contributed by atoms with Crippen molar-refractivity contribution < 1.29 is 9.63 Å². The predicted octanol–water partition coefficient (Wildman–Crippen LogP) is 3.05. The van der Waals surface area contributed by atoms with E-state index in [4.69, 9.17) is 0 Å². The molecule has 0 saturated heterocycles. The van der Waals surface area contributed by atoms with Gasteiger partial charge in [0.05, 0.1) is 0 Å². The summed E-state index contributed by atoms with van der Waals surface area (Å²) in [6.07, 6.45) is 3.21. The zero-order valence-electron chi connectivity index (χ0n) is 9.11. The van der Waals surface area contributed by atoms with E-state index in [-0.39, 0.29) is 5.78 Å². The zero-order chi connectivity index (χ0) is 12.0. The molecule has 3 nitrogen and oxygen atoms in total. The largest absolute Gasteiger partial charge is 0.399 e. The molecule has 0 radical (unpaired) electrons. The van der Waals surface area contributed by atoms with E-state index in [0.717, 1.165) is 10.0 Å². The van der Waals surface area contributed by atoms with Gasteiger partial charge in [0.25, 0.3) is 0 Å². The van der Waals surface area contributed by atoms with E-state index in [2.05, 4.69) is 25.9 Å². The molecule has 1 aromatic carbocycles. The van der Waals surface area contributed by atoms with Gasteiger partial charge in [-0.2, -0.15) is 0 Å². The van der Waals surface area contributed by atoms with Gasteiger partial charge in [-0.25, -0.2) is 0 Å². The highest BCUT2D eigenvalue weighted by atomic mass is 79.9. The third kappa shape index (κ3) is 3.62. The fourth-order valence-corrected chi connectivity index (χ4v) is 1.50. The molecule has 0 N–H and O–H groups in total. The lowest BCUT2D eigenvalue weighted by Gasteiger charge is -1.96. The summed E-state index contributed by atoms with van der Waals surface area (Å²) in [6, 6.07) is 7.66.